The van der Waals surface area contributed by atoms with Crippen LogP contribution in [0.15, 0.2) is 15.7 Å². The number of rotatable bonds is 4. The molecule has 4 nitrogen and oxygen atoms in total. The van der Waals surface area contributed by atoms with Gasteiger partial charge >= 0.3 is 0 Å². The number of aromatic nitrogens is 1. The van der Waals surface area contributed by atoms with Crippen molar-refractivity contribution in [3.63, 3.8) is 0 Å². The molecule has 0 aromatic carbocycles. The lowest BCUT2D eigenvalue weighted by molar-refractivity contribution is -0.385. The molecule has 7 heteroatoms. The van der Waals surface area contributed by atoms with Crippen molar-refractivity contribution in [3.8, 4) is 0 Å². The van der Waals surface area contributed by atoms with E-state index in [1.807, 2.05) is 6.92 Å². The molecular weight excluding hydrogens is 316 g/mol. The van der Waals surface area contributed by atoms with Crippen LogP contribution in [0.5, 0.6) is 0 Å². The van der Waals surface area contributed by atoms with Gasteiger partial charge in [0.2, 0.25) is 0 Å². The zero-order valence-corrected chi connectivity index (χ0v) is 11.9. The van der Waals surface area contributed by atoms with Crippen LogP contribution in [0.25, 0.3) is 0 Å². The van der Waals surface area contributed by atoms with E-state index in [-0.39, 0.29) is 10.9 Å². The van der Waals surface area contributed by atoms with Gasteiger partial charge in [-0.15, -0.1) is 23.4 Å². The fraction of sp³-hybridized carbons (Fsp3) is 0.444. The third-order valence-corrected chi connectivity index (χ3v) is 4.91. The van der Waals surface area contributed by atoms with Gasteiger partial charge in [-0.3, -0.25) is 10.1 Å². The molecule has 0 spiro atoms. The Balaban J connectivity index is 3.07. The van der Waals surface area contributed by atoms with E-state index >= 15 is 0 Å². The summed E-state index contributed by atoms with van der Waals surface area (Å²) in [6, 6.07) is 0. The smallest absolute Gasteiger partial charge is 0.258 e. The molecule has 1 aromatic heterocycles. The molecule has 0 aliphatic rings. The maximum atomic E-state index is 10.7. The minimum Gasteiger partial charge on any atom is -0.258 e. The molecule has 1 aromatic rings. The van der Waals surface area contributed by atoms with E-state index in [2.05, 4.69) is 20.9 Å². The summed E-state index contributed by atoms with van der Waals surface area (Å²) in [6.45, 7) is 3.67. The van der Waals surface area contributed by atoms with Gasteiger partial charge in [-0.25, -0.2) is 4.98 Å². The van der Waals surface area contributed by atoms with Crippen LogP contribution < -0.4 is 0 Å². The van der Waals surface area contributed by atoms with Gasteiger partial charge in [-0.05, 0) is 22.9 Å². The normalized spacial score (nSPS) is 12.5. The minimum atomic E-state index is -0.438. The van der Waals surface area contributed by atoms with Gasteiger partial charge in [0.15, 0.2) is 0 Å². The molecule has 16 heavy (non-hydrogen) atoms. The average Bonchev–Trinajstić information content (AvgIpc) is 2.24. The number of hydrogen-bond donors (Lipinski definition) is 0. The Kier molecular flexibility index (Phi) is 5.01. The SMILES string of the molecule is Cc1c([N+](=O)[O-])cnc(SC(C)CCl)c1Br. The van der Waals surface area contributed by atoms with Crippen molar-refractivity contribution >= 4 is 45.0 Å². The van der Waals surface area contributed by atoms with Gasteiger partial charge in [-0.1, -0.05) is 6.92 Å². The highest BCUT2D eigenvalue weighted by Crippen LogP contribution is 2.34. The van der Waals surface area contributed by atoms with Crippen LogP contribution in [0, 0.1) is 17.0 Å². The number of nitrogens with zero attached hydrogens (tertiary/aromatic N) is 2. The summed E-state index contributed by atoms with van der Waals surface area (Å²) in [4.78, 5) is 14.3. The van der Waals surface area contributed by atoms with E-state index in [0.29, 0.717) is 15.9 Å². The molecule has 0 N–H and O–H groups in total. The van der Waals surface area contributed by atoms with E-state index in [9.17, 15) is 10.1 Å². The van der Waals surface area contributed by atoms with E-state index in [1.54, 1.807) is 6.92 Å². The second-order valence-electron chi connectivity index (χ2n) is 3.23. The second kappa shape index (κ2) is 5.84. The summed E-state index contributed by atoms with van der Waals surface area (Å²) in [6.07, 6.45) is 1.28. The molecule has 0 aliphatic heterocycles. The quantitative estimate of drug-likeness (QED) is 0.366. The van der Waals surface area contributed by atoms with Crippen molar-refractivity contribution in [2.45, 2.75) is 24.1 Å². The van der Waals surface area contributed by atoms with Crippen LogP contribution in [0.4, 0.5) is 5.69 Å². The third kappa shape index (κ3) is 3.09. The number of alkyl halides is 1. The van der Waals surface area contributed by atoms with Gasteiger partial charge in [0, 0.05) is 16.7 Å². The van der Waals surface area contributed by atoms with E-state index in [0.717, 1.165) is 5.03 Å². The first-order valence-corrected chi connectivity index (χ1v) is 6.70. The Bertz CT molecular complexity index is 417. The Morgan fingerprint density at radius 1 is 1.75 bits per heavy atom. The standard InChI is InChI=1S/C9H10BrClN2O2S/c1-5(3-11)16-9-8(10)6(2)7(4-12-9)13(14)15/h4-5H,3H2,1-2H3. The van der Waals surface area contributed by atoms with Crippen molar-refractivity contribution in [1.82, 2.24) is 4.98 Å². The van der Waals surface area contributed by atoms with Crippen molar-refractivity contribution in [3.05, 3.63) is 26.3 Å². The zero-order chi connectivity index (χ0) is 12.3. The number of pyridine rings is 1. The maximum absolute atomic E-state index is 10.7. The van der Waals surface area contributed by atoms with Gasteiger partial charge in [0.25, 0.3) is 5.69 Å². The fourth-order valence-electron chi connectivity index (χ4n) is 1.03. The van der Waals surface area contributed by atoms with E-state index in [1.165, 1.54) is 18.0 Å². The molecule has 0 fully saturated rings. The lowest BCUT2D eigenvalue weighted by atomic mass is 10.3. The number of thioether (sulfide) groups is 1. The Hall–Kier alpha value is -0.330. The predicted molar refractivity (Wildman–Crippen MR) is 69.4 cm³/mol. The molecule has 0 radical (unpaired) electrons. The lowest BCUT2D eigenvalue weighted by Gasteiger charge is -2.09. The van der Waals surface area contributed by atoms with Gasteiger partial charge < -0.3 is 0 Å². The minimum absolute atomic E-state index is 0.0229. The van der Waals surface area contributed by atoms with E-state index in [4.69, 9.17) is 11.6 Å². The summed E-state index contributed by atoms with van der Waals surface area (Å²) in [7, 11) is 0. The maximum Gasteiger partial charge on any atom is 0.291 e. The molecular formula is C9H10BrClN2O2S. The average molecular weight is 326 g/mol. The van der Waals surface area contributed by atoms with Gasteiger partial charge in [0.1, 0.15) is 11.2 Å². The molecule has 0 saturated carbocycles. The second-order valence-corrected chi connectivity index (χ2v) is 5.76. The summed E-state index contributed by atoms with van der Waals surface area (Å²) >= 11 is 10.5. The van der Waals surface area contributed by atoms with Crippen LogP contribution in [0.3, 0.4) is 0 Å². The first-order valence-electron chi connectivity index (χ1n) is 4.49. The highest BCUT2D eigenvalue weighted by atomic mass is 79.9. The fourth-order valence-corrected chi connectivity index (χ4v) is 2.62. The van der Waals surface area contributed by atoms with Crippen LogP contribution in [-0.2, 0) is 0 Å². The van der Waals surface area contributed by atoms with Gasteiger partial charge in [0.05, 0.1) is 9.40 Å². The van der Waals surface area contributed by atoms with Crippen molar-refractivity contribution in [1.29, 1.82) is 0 Å². The number of nitro groups is 1. The largest absolute Gasteiger partial charge is 0.291 e. The topological polar surface area (TPSA) is 56.0 Å². The summed E-state index contributed by atoms with van der Waals surface area (Å²) in [5, 5.41) is 11.6. The molecule has 1 rings (SSSR count). The first kappa shape index (κ1) is 13.7. The molecule has 1 unspecified atom stereocenters. The molecule has 0 aliphatic carbocycles. The Labute approximate surface area is 111 Å². The highest BCUT2D eigenvalue weighted by Gasteiger charge is 2.18. The number of halogens is 2. The van der Waals surface area contributed by atoms with Crippen LogP contribution in [0.1, 0.15) is 12.5 Å². The zero-order valence-electron chi connectivity index (χ0n) is 8.74. The molecule has 88 valence electrons. The molecule has 0 saturated heterocycles. The third-order valence-electron chi connectivity index (χ3n) is 1.93. The lowest BCUT2D eigenvalue weighted by Crippen LogP contribution is -2.00. The first-order chi connectivity index (χ1) is 7.47. The van der Waals surface area contributed by atoms with Crippen molar-refractivity contribution < 1.29 is 4.92 Å². The van der Waals surface area contributed by atoms with E-state index < -0.39 is 4.92 Å². The monoisotopic (exact) mass is 324 g/mol. The Morgan fingerprint density at radius 2 is 2.38 bits per heavy atom. The van der Waals surface area contributed by atoms with Crippen LogP contribution in [-0.4, -0.2) is 21.0 Å². The molecule has 1 heterocycles. The highest BCUT2D eigenvalue weighted by molar-refractivity contribution is 9.10. The summed E-state index contributed by atoms with van der Waals surface area (Å²) in [5.41, 5.74) is 0.610. The molecule has 0 bridgehead atoms. The molecule has 0 amide bonds. The summed E-state index contributed by atoms with van der Waals surface area (Å²) in [5.74, 6) is 0.509. The molecule has 1 atom stereocenters. The van der Waals surface area contributed by atoms with Crippen molar-refractivity contribution in [2.24, 2.45) is 0 Å². The predicted octanol–water partition coefficient (Wildman–Crippen LogP) is 3.78. The van der Waals surface area contributed by atoms with Gasteiger partial charge in [-0.2, -0.15) is 0 Å². The number of hydrogen-bond acceptors (Lipinski definition) is 4. The van der Waals surface area contributed by atoms with Crippen LogP contribution >= 0.6 is 39.3 Å². The van der Waals surface area contributed by atoms with Crippen molar-refractivity contribution in [2.75, 3.05) is 5.88 Å². The Morgan fingerprint density at radius 3 is 2.88 bits per heavy atom. The van der Waals surface area contributed by atoms with Crippen LogP contribution in [0.2, 0.25) is 0 Å². The summed E-state index contributed by atoms with van der Waals surface area (Å²) < 4.78 is 0.670.